The van der Waals surface area contributed by atoms with Crippen LogP contribution in [0.1, 0.15) is 23.3 Å². The van der Waals surface area contributed by atoms with Crippen molar-refractivity contribution in [2.45, 2.75) is 26.9 Å². The van der Waals surface area contributed by atoms with Crippen LogP contribution in [0, 0.1) is 13.8 Å². The summed E-state index contributed by atoms with van der Waals surface area (Å²) < 4.78 is 10.0. The summed E-state index contributed by atoms with van der Waals surface area (Å²) in [6.07, 6.45) is 3.18. The predicted octanol–water partition coefficient (Wildman–Crippen LogP) is 2.24. The molecule has 0 amide bonds. The molecular weight excluding hydrogens is 236 g/mol. The van der Waals surface area contributed by atoms with Crippen LogP contribution in [-0.2, 0) is 13.1 Å². The van der Waals surface area contributed by atoms with Crippen molar-refractivity contribution in [2.24, 2.45) is 10.8 Å². The van der Waals surface area contributed by atoms with E-state index < -0.39 is 0 Å². The molecule has 0 aliphatic heterocycles. The molecule has 0 fully saturated rings. The standard InChI is InChI=1S/C5H6N4O.C5H8N2O/c1-4-7-2-5(10-4)3-8-9-6;1-4-7-3-5(2-6)8-4/h2H,3H2,1H3;3H,2,6H2,1H3. The van der Waals surface area contributed by atoms with Gasteiger partial charge in [0, 0.05) is 18.8 Å². The van der Waals surface area contributed by atoms with Gasteiger partial charge in [-0.3, -0.25) is 0 Å². The van der Waals surface area contributed by atoms with Gasteiger partial charge in [-0.2, -0.15) is 0 Å². The zero-order chi connectivity index (χ0) is 13.4. The zero-order valence-electron chi connectivity index (χ0n) is 10.2. The number of aromatic nitrogens is 2. The van der Waals surface area contributed by atoms with E-state index in [0.29, 0.717) is 24.1 Å². The lowest BCUT2D eigenvalue weighted by Gasteiger charge is -1.81. The molecule has 96 valence electrons. The van der Waals surface area contributed by atoms with Crippen LogP contribution in [0.25, 0.3) is 10.4 Å². The highest BCUT2D eigenvalue weighted by Crippen LogP contribution is 2.02. The van der Waals surface area contributed by atoms with Gasteiger partial charge in [0.1, 0.15) is 11.5 Å². The van der Waals surface area contributed by atoms with Crippen LogP contribution in [0.3, 0.4) is 0 Å². The van der Waals surface area contributed by atoms with Crippen LogP contribution in [0.15, 0.2) is 26.3 Å². The minimum atomic E-state index is 0.233. The molecule has 0 saturated carbocycles. The molecule has 0 spiro atoms. The Morgan fingerprint density at radius 1 is 1.22 bits per heavy atom. The highest BCUT2D eigenvalue weighted by Gasteiger charge is 1.95. The minimum absolute atomic E-state index is 0.233. The Bertz CT molecular complexity index is 526. The zero-order valence-corrected chi connectivity index (χ0v) is 10.2. The predicted molar refractivity (Wildman–Crippen MR) is 63.2 cm³/mol. The molecule has 18 heavy (non-hydrogen) atoms. The summed E-state index contributed by atoms with van der Waals surface area (Å²) in [6, 6.07) is 0. The molecule has 2 aromatic heterocycles. The number of oxazole rings is 2. The maximum Gasteiger partial charge on any atom is 0.191 e. The molecule has 2 heterocycles. The van der Waals surface area contributed by atoms with Crippen molar-refractivity contribution in [1.29, 1.82) is 0 Å². The third-order valence-electron chi connectivity index (χ3n) is 1.83. The lowest BCUT2D eigenvalue weighted by molar-refractivity contribution is 0.476. The Hall–Kier alpha value is -2.31. The van der Waals surface area contributed by atoms with Crippen LogP contribution < -0.4 is 5.73 Å². The van der Waals surface area contributed by atoms with E-state index in [1.165, 1.54) is 0 Å². The first-order chi connectivity index (χ1) is 8.65. The van der Waals surface area contributed by atoms with Crippen LogP contribution in [-0.4, -0.2) is 9.97 Å². The van der Waals surface area contributed by atoms with Crippen molar-refractivity contribution >= 4 is 0 Å². The quantitative estimate of drug-likeness (QED) is 0.507. The Morgan fingerprint density at radius 3 is 2.11 bits per heavy atom. The number of azide groups is 1. The molecule has 0 aliphatic carbocycles. The number of nitrogens with zero attached hydrogens (tertiary/aromatic N) is 5. The number of hydrogen-bond acceptors (Lipinski definition) is 6. The molecule has 0 bridgehead atoms. The monoisotopic (exact) mass is 250 g/mol. The van der Waals surface area contributed by atoms with Gasteiger partial charge in [-0.1, -0.05) is 5.11 Å². The van der Waals surface area contributed by atoms with Crippen molar-refractivity contribution in [2.75, 3.05) is 0 Å². The first-order valence-corrected chi connectivity index (χ1v) is 5.19. The highest BCUT2D eigenvalue weighted by atomic mass is 16.4. The summed E-state index contributed by atoms with van der Waals surface area (Å²) in [5, 5.41) is 3.30. The molecule has 0 aromatic carbocycles. The van der Waals surface area contributed by atoms with E-state index in [9.17, 15) is 0 Å². The van der Waals surface area contributed by atoms with Crippen LogP contribution in [0.4, 0.5) is 0 Å². The van der Waals surface area contributed by atoms with Gasteiger partial charge in [-0.25, -0.2) is 9.97 Å². The second-order valence-electron chi connectivity index (χ2n) is 3.28. The molecule has 8 heteroatoms. The Balaban J connectivity index is 0.000000184. The maximum atomic E-state index is 7.93. The van der Waals surface area contributed by atoms with E-state index in [-0.39, 0.29) is 6.54 Å². The summed E-state index contributed by atoms with van der Waals surface area (Å²) in [5.74, 6) is 2.59. The Kier molecular flexibility index (Phi) is 5.43. The Morgan fingerprint density at radius 2 is 1.78 bits per heavy atom. The number of hydrogen-bond donors (Lipinski definition) is 1. The molecule has 8 nitrogen and oxygen atoms in total. The molecule has 0 atom stereocenters. The molecule has 0 unspecified atom stereocenters. The molecular formula is C10H14N6O2. The second-order valence-corrected chi connectivity index (χ2v) is 3.28. The lowest BCUT2D eigenvalue weighted by atomic mass is 10.5. The summed E-state index contributed by atoms with van der Waals surface area (Å²) in [5.41, 5.74) is 13.2. The summed E-state index contributed by atoms with van der Waals surface area (Å²) >= 11 is 0. The molecule has 0 aliphatic rings. The summed E-state index contributed by atoms with van der Waals surface area (Å²) in [4.78, 5) is 10.2. The normalized spacial score (nSPS) is 9.28. The van der Waals surface area contributed by atoms with Gasteiger partial charge in [0.05, 0.1) is 25.5 Å². The van der Waals surface area contributed by atoms with Crippen molar-refractivity contribution in [3.8, 4) is 0 Å². The fourth-order valence-electron chi connectivity index (χ4n) is 1.08. The first kappa shape index (κ1) is 13.8. The van der Waals surface area contributed by atoms with E-state index in [0.717, 1.165) is 5.76 Å². The number of aryl methyl sites for hydroxylation is 2. The Labute approximate surface area is 103 Å². The number of nitrogens with two attached hydrogens (primary N) is 1. The molecule has 0 saturated heterocycles. The molecule has 2 aromatic rings. The largest absolute Gasteiger partial charge is 0.446 e. The fourth-order valence-corrected chi connectivity index (χ4v) is 1.08. The van der Waals surface area contributed by atoms with Crippen molar-refractivity contribution in [3.05, 3.63) is 46.1 Å². The smallest absolute Gasteiger partial charge is 0.191 e. The van der Waals surface area contributed by atoms with Gasteiger partial charge in [0.25, 0.3) is 0 Å². The summed E-state index contributed by atoms with van der Waals surface area (Å²) in [7, 11) is 0. The van der Waals surface area contributed by atoms with Gasteiger partial charge in [0.2, 0.25) is 0 Å². The van der Waals surface area contributed by atoms with Crippen LogP contribution in [0.5, 0.6) is 0 Å². The van der Waals surface area contributed by atoms with Gasteiger partial charge >= 0.3 is 0 Å². The summed E-state index contributed by atoms with van der Waals surface area (Å²) in [6.45, 7) is 4.19. The molecule has 2 rings (SSSR count). The van der Waals surface area contributed by atoms with E-state index in [1.54, 1.807) is 26.2 Å². The average Bonchev–Trinajstić information content (AvgIpc) is 2.96. The molecule has 2 N–H and O–H groups in total. The van der Waals surface area contributed by atoms with Gasteiger partial charge in [-0.05, 0) is 5.53 Å². The fraction of sp³-hybridized carbons (Fsp3) is 0.400. The van der Waals surface area contributed by atoms with Gasteiger partial charge in [0.15, 0.2) is 11.8 Å². The van der Waals surface area contributed by atoms with Crippen molar-refractivity contribution < 1.29 is 8.83 Å². The SMILES string of the molecule is Cc1ncc(CN)o1.Cc1ncc(CN=[N+]=[N-])o1. The third kappa shape index (κ3) is 4.69. The van der Waals surface area contributed by atoms with Gasteiger partial charge < -0.3 is 14.6 Å². The van der Waals surface area contributed by atoms with E-state index in [2.05, 4.69) is 20.0 Å². The lowest BCUT2D eigenvalue weighted by Crippen LogP contribution is -1.92. The minimum Gasteiger partial charge on any atom is -0.446 e. The van der Waals surface area contributed by atoms with E-state index in [1.807, 2.05) is 0 Å². The van der Waals surface area contributed by atoms with Crippen LogP contribution in [0.2, 0.25) is 0 Å². The number of rotatable bonds is 3. The first-order valence-electron chi connectivity index (χ1n) is 5.19. The maximum absolute atomic E-state index is 7.93. The van der Waals surface area contributed by atoms with Crippen molar-refractivity contribution in [3.63, 3.8) is 0 Å². The topological polar surface area (TPSA) is 127 Å². The van der Waals surface area contributed by atoms with Gasteiger partial charge in [-0.15, -0.1) is 0 Å². The average molecular weight is 250 g/mol. The molecule has 0 radical (unpaired) electrons. The highest BCUT2D eigenvalue weighted by molar-refractivity contribution is 4.92. The van der Waals surface area contributed by atoms with Crippen LogP contribution >= 0.6 is 0 Å². The van der Waals surface area contributed by atoms with E-state index in [4.69, 9.17) is 20.1 Å². The third-order valence-corrected chi connectivity index (χ3v) is 1.83. The van der Waals surface area contributed by atoms with Crippen molar-refractivity contribution in [1.82, 2.24) is 9.97 Å². The second kappa shape index (κ2) is 7.10. The van der Waals surface area contributed by atoms with E-state index >= 15 is 0 Å².